The van der Waals surface area contributed by atoms with Gasteiger partial charge in [0.15, 0.2) is 5.78 Å². The minimum atomic E-state index is -0.210. The fourth-order valence-corrected chi connectivity index (χ4v) is 2.60. The molecule has 0 spiro atoms. The van der Waals surface area contributed by atoms with E-state index in [9.17, 15) is 9.90 Å². The van der Waals surface area contributed by atoms with Crippen molar-refractivity contribution in [3.63, 3.8) is 0 Å². The average Bonchev–Trinajstić information content (AvgIpc) is 2.60. The van der Waals surface area contributed by atoms with E-state index < -0.39 is 0 Å². The van der Waals surface area contributed by atoms with E-state index >= 15 is 0 Å². The van der Waals surface area contributed by atoms with Gasteiger partial charge >= 0.3 is 0 Å². The number of pyridine rings is 1. The van der Waals surface area contributed by atoms with Crippen LogP contribution >= 0.6 is 0 Å². The molecule has 23 heavy (non-hydrogen) atoms. The molecule has 3 aromatic rings. The molecule has 0 aliphatic rings. The third kappa shape index (κ3) is 2.88. The Bertz CT molecular complexity index is 845. The second-order valence-corrected chi connectivity index (χ2v) is 5.35. The molecule has 116 valence electrons. The Hall–Kier alpha value is -2.88. The summed E-state index contributed by atoms with van der Waals surface area (Å²) in [6.07, 6.45) is 4.15. The van der Waals surface area contributed by atoms with Crippen LogP contribution in [0.15, 0.2) is 54.9 Å². The van der Waals surface area contributed by atoms with Gasteiger partial charge in [-0.15, -0.1) is 0 Å². The van der Waals surface area contributed by atoms with Crippen LogP contribution < -0.4 is 5.32 Å². The minimum absolute atomic E-state index is 0.0180. The molecule has 2 N–H and O–H groups in total. The summed E-state index contributed by atoms with van der Waals surface area (Å²) >= 11 is 0. The predicted molar refractivity (Wildman–Crippen MR) is 92.1 cm³/mol. The quantitative estimate of drug-likeness (QED) is 0.700. The summed E-state index contributed by atoms with van der Waals surface area (Å²) in [5, 5.41) is 15.5. The zero-order valence-corrected chi connectivity index (χ0v) is 12.9. The highest BCUT2D eigenvalue weighted by Gasteiger charge is 2.16. The van der Waals surface area contributed by atoms with Gasteiger partial charge in [-0.2, -0.15) is 0 Å². The Labute approximate surface area is 134 Å². The molecular weight excluding hydrogens is 288 g/mol. The molecule has 0 aliphatic carbocycles. The summed E-state index contributed by atoms with van der Waals surface area (Å²) < 4.78 is 0. The number of rotatable bonds is 5. The van der Waals surface area contributed by atoms with Crippen molar-refractivity contribution < 1.29 is 9.90 Å². The van der Waals surface area contributed by atoms with Crippen molar-refractivity contribution in [2.75, 3.05) is 11.9 Å². The molecule has 3 rings (SSSR count). The first-order chi connectivity index (χ1) is 11.2. The van der Waals surface area contributed by atoms with Gasteiger partial charge in [0.2, 0.25) is 0 Å². The number of benzene rings is 2. The Kier molecular flexibility index (Phi) is 4.24. The van der Waals surface area contributed by atoms with Gasteiger partial charge < -0.3 is 10.4 Å². The highest BCUT2D eigenvalue weighted by atomic mass is 16.3. The van der Waals surface area contributed by atoms with Crippen molar-refractivity contribution in [3.8, 4) is 5.75 Å². The van der Waals surface area contributed by atoms with Crippen LogP contribution in [-0.2, 0) is 0 Å². The van der Waals surface area contributed by atoms with Gasteiger partial charge in [-0.3, -0.25) is 9.78 Å². The van der Waals surface area contributed by atoms with Crippen molar-refractivity contribution in [1.82, 2.24) is 4.98 Å². The number of fused-ring (bicyclic) bond motifs is 1. The summed E-state index contributed by atoms with van der Waals surface area (Å²) in [7, 11) is 0. The lowest BCUT2D eigenvalue weighted by atomic mass is 9.98. The molecule has 0 radical (unpaired) electrons. The monoisotopic (exact) mass is 306 g/mol. The smallest absolute Gasteiger partial charge is 0.196 e. The summed E-state index contributed by atoms with van der Waals surface area (Å²) in [6, 6.07) is 12.5. The van der Waals surface area contributed by atoms with Gasteiger partial charge in [0.1, 0.15) is 5.75 Å². The zero-order valence-electron chi connectivity index (χ0n) is 12.9. The standard InChI is InChI=1S/C19H18N2O2/c1-2-10-21-17-5-3-4-15-14(17)6-7-16(19(15)23)18(22)13-8-11-20-12-9-13/h3-9,11-12,21,23H,2,10H2,1H3. The molecule has 4 nitrogen and oxygen atoms in total. The maximum Gasteiger partial charge on any atom is 0.196 e. The first-order valence-corrected chi connectivity index (χ1v) is 7.65. The van der Waals surface area contributed by atoms with Gasteiger partial charge in [0.25, 0.3) is 0 Å². The zero-order chi connectivity index (χ0) is 16.2. The van der Waals surface area contributed by atoms with Crippen molar-refractivity contribution in [1.29, 1.82) is 0 Å². The third-order valence-electron chi connectivity index (χ3n) is 3.79. The van der Waals surface area contributed by atoms with E-state index in [0.717, 1.165) is 24.0 Å². The molecule has 0 aliphatic heterocycles. The summed E-state index contributed by atoms with van der Waals surface area (Å²) in [5.74, 6) is -0.191. The lowest BCUT2D eigenvalue weighted by Gasteiger charge is -2.12. The van der Waals surface area contributed by atoms with Gasteiger partial charge in [-0.05, 0) is 30.7 Å². The molecule has 4 heteroatoms. The number of carbonyl (C=O) groups excluding carboxylic acids is 1. The van der Waals surface area contributed by atoms with Crippen LogP contribution in [0.5, 0.6) is 5.75 Å². The predicted octanol–water partition coefficient (Wildman–Crippen LogP) is 3.99. The molecule has 0 saturated heterocycles. The van der Waals surface area contributed by atoms with Crippen LogP contribution in [0.25, 0.3) is 10.8 Å². The van der Waals surface area contributed by atoms with Gasteiger partial charge in [-0.1, -0.05) is 25.1 Å². The molecule has 1 aromatic heterocycles. The lowest BCUT2D eigenvalue weighted by Crippen LogP contribution is -2.03. The number of phenolic OH excluding ortho intramolecular Hbond substituents is 1. The Balaban J connectivity index is 2.08. The number of aromatic nitrogens is 1. The number of phenols is 1. The summed E-state index contributed by atoms with van der Waals surface area (Å²) in [4.78, 5) is 16.5. The maximum atomic E-state index is 12.6. The first-order valence-electron chi connectivity index (χ1n) is 7.65. The van der Waals surface area contributed by atoms with Crippen molar-refractivity contribution in [2.45, 2.75) is 13.3 Å². The van der Waals surface area contributed by atoms with Crippen LogP contribution in [0.1, 0.15) is 29.3 Å². The number of anilines is 1. The highest BCUT2D eigenvalue weighted by Crippen LogP contribution is 2.34. The van der Waals surface area contributed by atoms with Gasteiger partial charge in [0.05, 0.1) is 5.56 Å². The van der Waals surface area contributed by atoms with E-state index in [-0.39, 0.29) is 11.5 Å². The number of ketones is 1. The second kappa shape index (κ2) is 6.48. The number of hydrogen-bond donors (Lipinski definition) is 2. The fraction of sp³-hybridized carbons (Fsp3) is 0.158. The van der Waals surface area contributed by atoms with Gasteiger partial charge in [0, 0.05) is 41.0 Å². The molecule has 0 amide bonds. The van der Waals surface area contributed by atoms with Gasteiger partial charge in [-0.25, -0.2) is 0 Å². The fourth-order valence-electron chi connectivity index (χ4n) is 2.60. The molecule has 0 fully saturated rings. The molecule has 0 unspecified atom stereocenters. The van der Waals surface area contributed by atoms with Crippen molar-refractivity contribution in [2.24, 2.45) is 0 Å². The average molecular weight is 306 g/mol. The molecule has 2 aromatic carbocycles. The summed E-state index contributed by atoms with van der Waals surface area (Å²) in [5.41, 5.74) is 1.77. The second-order valence-electron chi connectivity index (χ2n) is 5.35. The van der Waals surface area contributed by atoms with E-state index in [1.54, 1.807) is 30.6 Å². The Morgan fingerprint density at radius 1 is 1.09 bits per heavy atom. The molecule has 1 heterocycles. The molecule has 0 saturated carbocycles. The summed E-state index contributed by atoms with van der Waals surface area (Å²) in [6.45, 7) is 2.96. The number of hydrogen-bond acceptors (Lipinski definition) is 4. The van der Waals surface area contributed by atoms with E-state index in [0.29, 0.717) is 16.5 Å². The topological polar surface area (TPSA) is 62.2 Å². The van der Waals surface area contributed by atoms with E-state index in [2.05, 4.69) is 17.2 Å². The van der Waals surface area contributed by atoms with Crippen LogP contribution in [0.3, 0.4) is 0 Å². The molecule has 0 bridgehead atoms. The normalized spacial score (nSPS) is 10.7. The number of aromatic hydroxyl groups is 1. The highest BCUT2D eigenvalue weighted by molar-refractivity contribution is 6.14. The molecular formula is C19H18N2O2. The third-order valence-corrected chi connectivity index (χ3v) is 3.79. The van der Waals surface area contributed by atoms with Crippen LogP contribution in [0.2, 0.25) is 0 Å². The van der Waals surface area contributed by atoms with Crippen LogP contribution in [0.4, 0.5) is 5.69 Å². The van der Waals surface area contributed by atoms with Crippen molar-refractivity contribution in [3.05, 3.63) is 66.0 Å². The Morgan fingerprint density at radius 2 is 1.87 bits per heavy atom. The first kappa shape index (κ1) is 15.0. The molecule has 0 atom stereocenters. The lowest BCUT2D eigenvalue weighted by molar-refractivity contribution is 0.103. The van der Waals surface area contributed by atoms with E-state index in [4.69, 9.17) is 0 Å². The SMILES string of the molecule is CCCNc1cccc2c(O)c(C(=O)c3ccncc3)ccc12. The minimum Gasteiger partial charge on any atom is -0.507 e. The number of carbonyl (C=O) groups is 1. The van der Waals surface area contributed by atoms with Crippen molar-refractivity contribution >= 4 is 22.2 Å². The number of nitrogens with one attached hydrogen (secondary N) is 1. The van der Waals surface area contributed by atoms with E-state index in [1.165, 1.54) is 0 Å². The maximum absolute atomic E-state index is 12.6. The van der Waals surface area contributed by atoms with Crippen LogP contribution in [0, 0.1) is 0 Å². The number of nitrogens with zero attached hydrogens (tertiary/aromatic N) is 1. The largest absolute Gasteiger partial charge is 0.507 e. The Morgan fingerprint density at radius 3 is 2.61 bits per heavy atom. The van der Waals surface area contributed by atoms with E-state index in [1.807, 2.05) is 24.3 Å². The van der Waals surface area contributed by atoms with Crippen LogP contribution in [-0.4, -0.2) is 22.4 Å².